The van der Waals surface area contributed by atoms with Crippen molar-refractivity contribution in [3.8, 4) is 0 Å². The quantitative estimate of drug-likeness (QED) is 0.849. The molecule has 0 atom stereocenters. The highest BCUT2D eigenvalue weighted by atomic mass is 32.2. The second-order valence-electron chi connectivity index (χ2n) is 4.94. The molecule has 0 aromatic carbocycles. The third-order valence-electron chi connectivity index (χ3n) is 3.44. The Kier molecular flexibility index (Phi) is 4.70. The van der Waals surface area contributed by atoms with E-state index in [0.29, 0.717) is 11.4 Å². The Morgan fingerprint density at radius 1 is 1.23 bits per heavy atom. The molecular formula is C14H21N5O2S. The fourth-order valence-electron chi connectivity index (χ4n) is 2.35. The number of hydrogen-bond acceptors (Lipinski definition) is 5. The Balaban J connectivity index is 2.24. The Morgan fingerprint density at radius 3 is 2.36 bits per heavy atom. The van der Waals surface area contributed by atoms with Crippen LogP contribution in [0.4, 0.5) is 11.5 Å². The van der Waals surface area contributed by atoms with Gasteiger partial charge in [0, 0.05) is 13.1 Å². The van der Waals surface area contributed by atoms with E-state index in [1.165, 1.54) is 0 Å². The minimum Gasteiger partial charge on any atom is -0.371 e. The third kappa shape index (κ3) is 3.22. The zero-order chi connectivity index (χ0) is 16.3. The molecule has 2 aromatic rings. The average Bonchev–Trinajstić information content (AvgIpc) is 2.81. The van der Waals surface area contributed by atoms with Crippen molar-refractivity contribution in [2.75, 3.05) is 22.7 Å². The van der Waals surface area contributed by atoms with Crippen LogP contribution in [0.5, 0.6) is 0 Å². The molecule has 22 heavy (non-hydrogen) atoms. The van der Waals surface area contributed by atoms with Crippen LogP contribution in [0.25, 0.3) is 0 Å². The van der Waals surface area contributed by atoms with Crippen molar-refractivity contribution in [3.63, 3.8) is 0 Å². The predicted molar refractivity (Wildman–Crippen MR) is 86.7 cm³/mol. The summed E-state index contributed by atoms with van der Waals surface area (Å²) in [4.78, 5) is 6.49. The maximum absolute atomic E-state index is 12.4. The van der Waals surface area contributed by atoms with Crippen molar-refractivity contribution >= 4 is 21.5 Å². The smallest absolute Gasteiger partial charge is 0.266 e. The van der Waals surface area contributed by atoms with Gasteiger partial charge in [0.1, 0.15) is 10.7 Å². The average molecular weight is 323 g/mol. The van der Waals surface area contributed by atoms with E-state index in [1.807, 2.05) is 6.07 Å². The van der Waals surface area contributed by atoms with E-state index in [0.717, 1.165) is 18.8 Å². The number of nitrogens with one attached hydrogen (secondary N) is 2. The summed E-state index contributed by atoms with van der Waals surface area (Å²) in [5.74, 6) is 0.288. The number of H-pyrrole nitrogens is 1. The van der Waals surface area contributed by atoms with Crippen molar-refractivity contribution in [1.29, 1.82) is 0 Å². The van der Waals surface area contributed by atoms with Gasteiger partial charge in [-0.05, 0) is 39.8 Å². The van der Waals surface area contributed by atoms with Gasteiger partial charge in [0.15, 0.2) is 0 Å². The van der Waals surface area contributed by atoms with E-state index in [1.54, 1.807) is 26.1 Å². The van der Waals surface area contributed by atoms with Crippen molar-refractivity contribution in [1.82, 2.24) is 15.2 Å². The van der Waals surface area contributed by atoms with Gasteiger partial charge in [-0.1, -0.05) is 0 Å². The van der Waals surface area contributed by atoms with Crippen molar-refractivity contribution < 1.29 is 8.42 Å². The molecular weight excluding hydrogens is 302 g/mol. The van der Waals surface area contributed by atoms with E-state index >= 15 is 0 Å². The molecule has 120 valence electrons. The SMILES string of the molecule is CCN(CC)c1ccc(NS(=O)(=O)c2c(C)n[nH]c2C)nc1. The van der Waals surface area contributed by atoms with Gasteiger partial charge in [0.2, 0.25) is 0 Å². The number of sulfonamides is 1. The fraction of sp³-hybridized carbons (Fsp3) is 0.429. The molecule has 2 N–H and O–H groups in total. The van der Waals surface area contributed by atoms with E-state index < -0.39 is 10.0 Å². The first-order chi connectivity index (χ1) is 10.4. The minimum absolute atomic E-state index is 0.169. The molecule has 2 rings (SSSR count). The molecule has 0 spiro atoms. The zero-order valence-corrected chi connectivity index (χ0v) is 14.0. The molecule has 0 radical (unpaired) electrons. The summed E-state index contributed by atoms with van der Waals surface area (Å²) in [7, 11) is -3.70. The number of aromatic nitrogens is 3. The van der Waals surface area contributed by atoms with Crippen LogP contribution < -0.4 is 9.62 Å². The normalized spacial score (nSPS) is 11.5. The number of nitrogens with zero attached hydrogens (tertiary/aromatic N) is 3. The molecule has 0 saturated carbocycles. The van der Waals surface area contributed by atoms with Crippen LogP contribution in [0, 0.1) is 13.8 Å². The van der Waals surface area contributed by atoms with Gasteiger partial charge in [0.25, 0.3) is 10.0 Å². The van der Waals surface area contributed by atoms with Gasteiger partial charge in [-0.3, -0.25) is 9.82 Å². The lowest BCUT2D eigenvalue weighted by molar-refractivity contribution is 0.600. The van der Waals surface area contributed by atoms with Crippen LogP contribution in [0.15, 0.2) is 23.2 Å². The topological polar surface area (TPSA) is 91.0 Å². The first-order valence-electron chi connectivity index (χ1n) is 7.14. The largest absolute Gasteiger partial charge is 0.371 e. The Labute approximate surface area is 130 Å². The summed E-state index contributed by atoms with van der Waals surface area (Å²) in [6, 6.07) is 3.52. The summed E-state index contributed by atoms with van der Waals surface area (Å²) < 4.78 is 27.3. The first kappa shape index (κ1) is 16.3. The minimum atomic E-state index is -3.70. The van der Waals surface area contributed by atoms with Crippen molar-refractivity contribution in [2.24, 2.45) is 0 Å². The lowest BCUT2D eigenvalue weighted by Crippen LogP contribution is -2.22. The number of rotatable bonds is 6. The van der Waals surface area contributed by atoms with Gasteiger partial charge in [-0.25, -0.2) is 13.4 Å². The third-order valence-corrected chi connectivity index (χ3v) is 5.06. The molecule has 0 saturated heterocycles. The van der Waals surface area contributed by atoms with E-state index in [4.69, 9.17) is 0 Å². The van der Waals surface area contributed by atoms with E-state index in [9.17, 15) is 8.42 Å². The van der Waals surface area contributed by atoms with E-state index in [2.05, 4.69) is 38.7 Å². The summed E-state index contributed by atoms with van der Waals surface area (Å²) >= 11 is 0. The summed E-state index contributed by atoms with van der Waals surface area (Å²) in [6.45, 7) is 9.18. The molecule has 2 aromatic heterocycles. The lowest BCUT2D eigenvalue weighted by Gasteiger charge is -2.20. The molecule has 8 heteroatoms. The Bertz CT molecular complexity index is 714. The summed E-state index contributed by atoms with van der Waals surface area (Å²) in [6.07, 6.45) is 1.67. The molecule has 0 amide bonds. The number of aryl methyl sites for hydroxylation is 2. The predicted octanol–water partition coefficient (Wildman–Crippen LogP) is 2.07. The van der Waals surface area contributed by atoms with Crippen molar-refractivity contribution in [2.45, 2.75) is 32.6 Å². The molecule has 0 unspecified atom stereocenters. The van der Waals surface area contributed by atoms with Gasteiger partial charge >= 0.3 is 0 Å². The number of hydrogen-bond donors (Lipinski definition) is 2. The highest BCUT2D eigenvalue weighted by Crippen LogP contribution is 2.21. The van der Waals surface area contributed by atoms with E-state index in [-0.39, 0.29) is 10.7 Å². The first-order valence-corrected chi connectivity index (χ1v) is 8.62. The van der Waals surface area contributed by atoms with Gasteiger partial charge in [-0.15, -0.1) is 0 Å². The van der Waals surface area contributed by atoms with Gasteiger partial charge in [-0.2, -0.15) is 5.10 Å². The maximum Gasteiger partial charge on any atom is 0.266 e. The monoisotopic (exact) mass is 323 g/mol. The molecule has 0 aliphatic carbocycles. The molecule has 2 heterocycles. The van der Waals surface area contributed by atoms with Crippen LogP contribution >= 0.6 is 0 Å². The van der Waals surface area contributed by atoms with Crippen LogP contribution in [-0.2, 0) is 10.0 Å². The number of pyridine rings is 1. The van der Waals surface area contributed by atoms with Crippen molar-refractivity contribution in [3.05, 3.63) is 29.7 Å². The zero-order valence-electron chi connectivity index (χ0n) is 13.2. The molecule has 0 aliphatic heterocycles. The summed E-state index contributed by atoms with van der Waals surface area (Å²) in [5.41, 5.74) is 1.90. The van der Waals surface area contributed by atoms with Gasteiger partial charge < -0.3 is 4.90 Å². The van der Waals surface area contributed by atoms with Gasteiger partial charge in [0.05, 0.1) is 23.3 Å². The lowest BCUT2D eigenvalue weighted by atomic mass is 10.3. The Hall–Kier alpha value is -2.09. The van der Waals surface area contributed by atoms with Crippen LogP contribution in [0.1, 0.15) is 25.2 Å². The molecule has 0 aliphatic rings. The van der Waals surface area contributed by atoms with Crippen LogP contribution in [0.2, 0.25) is 0 Å². The number of aromatic amines is 1. The van der Waals surface area contributed by atoms with Crippen LogP contribution in [-0.4, -0.2) is 36.7 Å². The molecule has 7 nitrogen and oxygen atoms in total. The second kappa shape index (κ2) is 6.35. The standard InChI is InChI=1S/C14H21N5O2S/c1-5-19(6-2)12-7-8-13(15-9-12)18-22(20,21)14-10(3)16-17-11(14)4/h7-9H,5-6H2,1-4H3,(H,15,18)(H,16,17). The van der Waals surface area contributed by atoms with Crippen LogP contribution in [0.3, 0.4) is 0 Å². The summed E-state index contributed by atoms with van der Waals surface area (Å²) in [5, 5.41) is 6.58. The molecule has 0 bridgehead atoms. The highest BCUT2D eigenvalue weighted by Gasteiger charge is 2.22. The number of anilines is 2. The second-order valence-corrected chi connectivity index (χ2v) is 6.56. The molecule has 0 fully saturated rings. The highest BCUT2D eigenvalue weighted by molar-refractivity contribution is 7.92. The fourth-order valence-corrected chi connectivity index (χ4v) is 3.73. The Morgan fingerprint density at radius 2 is 1.91 bits per heavy atom. The maximum atomic E-state index is 12.4.